The smallest absolute Gasteiger partial charge is 0.261 e. The third-order valence-electron chi connectivity index (χ3n) is 4.24. The van der Waals surface area contributed by atoms with Crippen LogP contribution >= 0.6 is 23.2 Å². The largest absolute Gasteiger partial charge is 0.508 e. The first-order valence-corrected chi connectivity index (χ1v) is 9.64. The predicted octanol–water partition coefficient (Wildman–Crippen LogP) is 5.63. The number of carbonyl (C=O) groups excluding carboxylic acids is 1. The van der Waals surface area contributed by atoms with E-state index in [0.717, 1.165) is 0 Å². The number of phenolic OH excluding ortho intramolecular Hbond substituents is 1. The molecule has 1 aromatic heterocycles. The molecule has 1 heterocycles. The summed E-state index contributed by atoms with van der Waals surface area (Å²) < 4.78 is 5.80. The van der Waals surface area contributed by atoms with Gasteiger partial charge < -0.3 is 14.8 Å². The number of aromatic hydroxyl groups is 1. The standard InChI is InChI=1S/C22H15Cl2N3O3/c23-17-7-4-8-18(20(17)24)25-21(29)16-11-13-9-10-15(28)12-19(13)30-22(16)27-26-14-5-2-1-3-6-14/h1-12,26,28H,(H,25,29). The van der Waals surface area contributed by atoms with Crippen molar-refractivity contribution < 1.29 is 14.3 Å². The molecule has 0 spiro atoms. The average molecular weight is 440 g/mol. The van der Waals surface area contributed by atoms with E-state index in [1.807, 2.05) is 30.3 Å². The minimum atomic E-state index is -0.480. The number of rotatable bonds is 4. The Morgan fingerprint density at radius 3 is 2.57 bits per heavy atom. The van der Waals surface area contributed by atoms with Crippen LogP contribution in [0.5, 0.6) is 5.75 Å². The van der Waals surface area contributed by atoms with Crippen molar-refractivity contribution in [2.24, 2.45) is 5.10 Å². The van der Waals surface area contributed by atoms with Gasteiger partial charge in [-0.1, -0.05) is 47.5 Å². The Kier molecular flexibility index (Phi) is 5.61. The molecule has 0 saturated carbocycles. The Morgan fingerprint density at radius 1 is 0.967 bits per heavy atom. The fourth-order valence-corrected chi connectivity index (χ4v) is 3.12. The first kappa shape index (κ1) is 19.8. The number of fused-ring (bicyclic) bond motifs is 1. The molecule has 0 radical (unpaired) electrons. The Labute approximate surface area is 181 Å². The maximum absolute atomic E-state index is 13.0. The lowest BCUT2D eigenvalue weighted by molar-refractivity contribution is 0.102. The topological polar surface area (TPSA) is 86.9 Å². The SMILES string of the molecule is O=C(Nc1cccc(Cl)c1Cl)c1cc2ccc(O)cc2oc1=NNc1ccccc1. The van der Waals surface area contributed by atoms with Crippen LogP contribution in [-0.4, -0.2) is 11.0 Å². The van der Waals surface area contributed by atoms with Gasteiger partial charge in [-0.3, -0.25) is 10.2 Å². The molecule has 3 aromatic carbocycles. The van der Waals surface area contributed by atoms with Gasteiger partial charge in [-0.15, -0.1) is 5.10 Å². The number of amides is 1. The number of hydrogen-bond donors (Lipinski definition) is 3. The summed E-state index contributed by atoms with van der Waals surface area (Å²) in [6.07, 6.45) is 0. The molecule has 0 aliphatic carbocycles. The van der Waals surface area contributed by atoms with Crippen LogP contribution in [0.2, 0.25) is 10.0 Å². The molecule has 1 amide bonds. The van der Waals surface area contributed by atoms with Crippen molar-refractivity contribution in [2.75, 3.05) is 10.7 Å². The number of benzene rings is 3. The van der Waals surface area contributed by atoms with E-state index >= 15 is 0 Å². The lowest BCUT2D eigenvalue weighted by atomic mass is 10.1. The number of hydrogen-bond acceptors (Lipinski definition) is 5. The zero-order valence-electron chi connectivity index (χ0n) is 15.4. The molecule has 0 aliphatic rings. The summed E-state index contributed by atoms with van der Waals surface area (Å²) >= 11 is 12.2. The molecule has 6 nitrogen and oxygen atoms in total. The lowest BCUT2D eigenvalue weighted by Crippen LogP contribution is -2.23. The Balaban J connectivity index is 1.79. The van der Waals surface area contributed by atoms with Gasteiger partial charge >= 0.3 is 0 Å². The molecule has 0 unspecified atom stereocenters. The minimum absolute atomic E-state index is 0.0348. The summed E-state index contributed by atoms with van der Waals surface area (Å²) in [5.41, 5.74) is 4.52. The van der Waals surface area contributed by atoms with Crippen LogP contribution in [0.4, 0.5) is 11.4 Å². The summed E-state index contributed by atoms with van der Waals surface area (Å²) in [4.78, 5) is 13.0. The Bertz CT molecular complexity index is 1300. The van der Waals surface area contributed by atoms with Gasteiger partial charge in [-0.05, 0) is 42.5 Å². The number of nitrogens with zero attached hydrogens (tertiary/aromatic N) is 1. The third kappa shape index (κ3) is 4.25. The highest BCUT2D eigenvalue weighted by Crippen LogP contribution is 2.30. The van der Waals surface area contributed by atoms with Gasteiger partial charge in [-0.2, -0.15) is 0 Å². The van der Waals surface area contributed by atoms with Crippen LogP contribution in [0.1, 0.15) is 10.4 Å². The van der Waals surface area contributed by atoms with Gasteiger partial charge in [0.25, 0.3) is 5.91 Å². The van der Waals surface area contributed by atoms with E-state index < -0.39 is 5.91 Å². The lowest BCUT2D eigenvalue weighted by Gasteiger charge is -2.09. The summed E-state index contributed by atoms with van der Waals surface area (Å²) in [5.74, 6) is -0.442. The molecule has 8 heteroatoms. The maximum atomic E-state index is 13.0. The zero-order valence-corrected chi connectivity index (χ0v) is 16.9. The van der Waals surface area contributed by atoms with Crippen molar-refractivity contribution in [3.63, 3.8) is 0 Å². The third-order valence-corrected chi connectivity index (χ3v) is 5.06. The number of carbonyl (C=O) groups is 1. The van der Waals surface area contributed by atoms with Gasteiger partial charge in [0, 0.05) is 11.5 Å². The molecule has 0 bridgehead atoms. The molecule has 3 N–H and O–H groups in total. The van der Waals surface area contributed by atoms with E-state index in [1.54, 1.807) is 30.3 Å². The first-order chi connectivity index (χ1) is 14.5. The summed E-state index contributed by atoms with van der Waals surface area (Å²) in [6.45, 7) is 0. The molecule has 150 valence electrons. The van der Waals surface area contributed by atoms with E-state index in [-0.39, 0.29) is 21.9 Å². The van der Waals surface area contributed by atoms with Gasteiger partial charge in [0.2, 0.25) is 5.55 Å². The van der Waals surface area contributed by atoms with Crippen molar-refractivity contribution in [2.45, 2.75) is 0 Å². The van der Waals surface area contributed by atoms with E-state index in [1.165, 1.54) is 12.1 Å². The van der Waals surface area contributed by atoms with Crippen LogP contribution in [-0.2, 0) is 0 Å². The molecule has 0 saturated heterocycles. The summed E-state index contributed by atoms with van der Waals surface area (Å²) in [5, 5.41) is 17.9. The highest BCUT2D eigenvalue weighted by molar-refractivity contribution is 6.44. The molecular formula is C22H15Cl2N3O3. The first-order valence-electron chi connectivity index (χ1n) is 8.88. The number of anilines is 2. The molecule has 30 heavy (non-hydrogen) atoms. The highest BCUT2D eigenvalue weighted by Gasteiger charge is 2.15. The van der Waals surface area contributed by atoms with Crippen LogP contribution in [0.3, 0.4) is 0 Å². The Morgan fingerprint density at radius 2 is 1.77 bits per heavy atom. The average Bonchev–Trinajstić information content (AvgIpc) is 2.75. The van der Waals surface area contributed by atoms with Gasteiger partial charge in [0.05, 0.1) is 21.4 Å². The molecule has 4 aromatic rings. The highest BCUT2D eigenvalue weighted by atomic mass is 35.5. The van der Waals surface area contributed by atoms with Crippen molar-refractivity contribution in [1.82, 2.24) is 0 Å². The quantitative estimate of drug-likeness (QED) is 0.359. The summed E-state index contributed by atoms with van der Waals surface area (Å²) in [6, 6.07) is 20.4. The fraction of sp³-hybridized carbons (Fsp3) is 0. The van der Waals surface area contributed by atoms with E-state index in [9.17, 15) is 9.90 Å². The van der Waals surface area contributed by atoms with Crippen molar-refractivity contribution in [3.8, 4) is 5.75 Å². The van der Waals surface area contributed by atoms with Crippen molar-refractivity contribution >= 4 is 51.5 Å². The van der Waals surface area contributed by atoms with Gasteiger partial charge in [0.15, 0.2) is 0 Å². The Hall–Kier alpha value is -3.48. The molecule has 0 fully saturated rings. The predicted molar refractivity (Wildman–Crippen MR) is 118 cm³/mol. The maximum Gasteiger partial charge on any atom is 0.261 e. The second kappa shape index (κ2) is 8.49. The monoisotopic (exact) mass is 439 g/mol. The molecule has 4 rings (SSSR count). The van der Waals surface area contributed by atoms with Crippen molar-refractivity contribution in [1.29, 1.82) is 0 Å². The van der Waals surface area contributed by atoms with Crippen LogP contribution in [0, 0.1) is 0 Å². The summed E-state index contributed by atoms with van der Waals surface area (Å²) in [7, 11) is 0. The number of nitrogens with one attached hydrogen (secondary N) is 2. The van der Waals surface area contributed by atoms with E-state index in [4.69, 9.17) is 27.6 Å². The second-order valence-corrected chi connectivity index (χ2v) is 7.12. The molecule has 0 atom stereocenters. The second-order valence-electron chi connectivity index (χ2n) is 6.33. The normalized spacial score (nSPS) is 11.5. The number of para-hydroxylation sites is 1. The fourth-order valence-electron chi connectivity index (χ4n) is 2.77. The number of halogens is 2. The van der Waals surface area contributed by atoms with Gasteiger partial charge in [-0.25, -0.2) is 0 Å². The van der Waals surface area contributed by atoms with Crippen LogP contribution in [0.15, 0.2) is 82.3 Å². The zero-order chi connectivity index (χ0) is 21.1. The molecule has 0 aliphatic heterocycles. The number of phenols is 1. The van der Waals surface area contributed by atoms with Gasteiger partial charge in [0.1, 0.15) is 16.9 Å². The minimum Gasteiger partial charge on any atom is -0.508 e. The molecular weight excluding hydrogens is 425 g/mol. The van der Waals surface area contributed by atoms with Crippen LogP contribution < -0.4 is 16.3 Å². The van der Waals surface area contributed by atoms with Crippen molar-refractivity contribution in [3.05, 3.63) is 94.0 Å². The van der Waals surface area contributed by atoms with E-state index in [2.05, 4.69) is 15.8 Å². The van der Waals surface area contributed by atoms with Crippen LogP contribution in [0.25, 0.3) is 11.0 Å². The van der Waals surface area contributed by atoms with E-state index in [0.29, 0.717) is 27.4 Å².